The summed E-state index contributed by atoms with van der Waals surface area (Å²) in [5.74, 6) is 0.0832. The van der Waals surface area contributed by atoms with Gasteiger partial charge in [0, 0.05) is 29.6 Å². The van der Waals surface area contributed by atoms with Crippen LogP contribution in [0.15, 0.2) is 53.0 Å². The first-order valence-corrected chi connectivity index (χ1v) is 13.6. The molecule has 0 unspecified atom stereocenters. The largest absolute Gasteiger partial charge is 0.378 e. The van der Waals surface area contributed by atoms with E-state index in [0.29, 0.717) is 28.6 Å². The van der Waals surface area contributed by atoms with E-state index in [-0.39, 0.29) is 6.10 Å². The second kappa shape index (κ2) is 10.2. The Kier molecular flexibility index (Phi) is 8.07. The Morgan fingerprint density at radius 1 is 1.06 bits per heavy atom. The maximum absolute atomic E-state index is 14.5. The van der Waals surface area contributed by atoms with Gasteiger partial charge < -0.3 is 14.5 Å². The van der Waals surface area contributed by atoms with E-state index in [9.17, 15) is 9.67 Å². The molecule has 2 aromatic carbocycles. The average molecular weight is 508 g/mol. The van der Waals surface area contributed by atoms with Gasteiger partial charge >= 0.3 is 0 Å². The molecule has 6 heteroatoms. The standard InChI is InChI=1S/C25H35BrNO3P/c1-17(2)23-15-6-18(3)16-24(23)30-31(29,22-13-11-21(12-14-22)27(4)5)25(28)19-7-9-20(26)10-8-19/h7-14,17-18,23-25,28H,6,15-16H2,1-5H3/t18-,23+,24-,25+,31-/m1/s1. The lowest BCUT2D eigenvalue weighted by atomic mass is 9.75. The van der Waals surface area contributed by atoms with E-state index in [4.69, 9.17) is 4.52 Å². The summed E-state index contributed by atoms with van der Waals surface area (Å²) in [5.41, 5.74) is 1.62. The Hall–Kier alpha value is -1.13. The lowest BCUT2D eigenvalue weighted by molar-refractivity contribution is 0.0427. The minimum atomic E-state index is -3.60. The highest BCUT2D eigenvalue weighted by Crippen LogP contribution is 2.60. The van der Waals surface area contributed by atoms with Gasteiger partial charge in [0.1, 0.15) is 0 Å². The summed E-state index contributed by atoms with van der Waals surface area (Å²) >= 11 is 3.43. The van der Waals surface area contributed by atoms with E-state index in [1.807, 2.05) is 67.5 Å². The zero-order valence-electron chi connectivity index (χ0n) is 19.2. The van der Waals surface area contributed by atoms with Gasteiger partial charge in [-0.1, -0.05) is 55.3 Å². The highest BCUT2D eigenvalue weighted by atomic mass is 79.9. The molecular weight excluding hydrogens is 473 g/mol. The zero-order chi connectivity index (χ0) is 22.8. The van der Waals surface area contributed by atoms with Crippen molar-refractivity contribution in [1.29, 1.82) is 0 Å². The molecule has 0 heterocycles. The Labute approximate surface area is 195 Å². The third-order valence-corrected chi connectivity index (χ3v) is 9.54. The van der Waals surface area contributed by atoms with Gasteiger partial charge in [-0.25, -0.2) is 0 Å². The molecule has 4 nitrogen and oxygen atoms in total. The Morgan fingerprint density at radius 2 is 1.68 bits per heavy atom. The van der Waals surface area contributed by atoms with Gasteiger partial charge in [0.2, 0.25) is 0 Å². The Balaban J connectivity index is 2.02. The van der Waals surface area contributed by atoms with E-state index >= 15 is 0 Å². The fraction of sp³-hybridized carbons (Fsp3) is 0.520. The molecule has 0 aromatic heterocycles. The van der Waals surface area contributed by atoms with Crippen molar-refractivity contribution in [2.24, 2.45) is 17.8 Å². The summed E-state index contributed by atoms with van der Waals surface area (Å²) in [6.45, 7) is 6.65. The normalized spacial score (nSPS) is 24.6. The van der Waals surface area contributed by atoms with Crippen LogP contribution in [0.1, 0.15) is 51.4 Å². The van der Waals surface area contributed by atoms with Crippen LogP contribution < -0.4 is 10.2 Å². The summed E-state index contributed by atoms with van der Waals surface area (Å²) in [6.07, 6.45) is 2.97. The van der Waals surface area contributed by atoms with Crippen molar-refractivity contribution in [3.05, 3.63) is 58.6 Å². The molecule has 0 radical (unpaired) electrons. The van der Waals surface area contributed by atoms with Crippen LogP contribution in [0.4, 0.5) is 5.69 Å². The summed E-state index contributed by atoms with van der Waals surface area (Å²) in [4.78, 5) is 2.00. The summed E-state index contributed by atoms with van der Waals surface area (Å²) < 4.78 is 22.0. The maximum atomic E-state index is 14.5. The molecule has 0 aliphatic heterocycles. The second-order valence-electron chi connectivity index (χ2n) is 9.40. The number of hydrogen-bond acceptors (Lipinski definition) is 4. The predicted octanol–water partition coefficient (Wildman–Crippen LogP) is 6.59. The molecule has 0 saturated heterocycles. The van der Waals surface area contributed by atoms with Gasteiger partial charge in [0.25, 0.3) is 7.37 Å². The minimum Gasteiger partial charge on any atom is -0.378 e. The number of aliphatic hydroxyl groups excluding tert-OH is 1. The number of benzene rings is 2. The fourth-order valence-corrected chi connectivity index (χ4v) is 7.04. The molecule has 0 bridgehead atoms. The smallest absolute Gasteiger partial charge is 0.264 e. The molecule has 1 N–H and O–H groups in total. The van der Waals surface area contributed by atoms with E-state index in [1.165, 1.54) is 6.42 Å². The lowest BCUT2D eigenvalue weighted by Crippen LogP contribution is -2.35. The first-order chi connectivity index (χ1) is 14.6. The van der Waals surface area contributed by atoms with Crippen LogP contribution in [0.5, 0.6) is 0 Å². The van der Waals surface area contributed by atoms with Crippen molar-refractivity contribution in [2.75, 3.05) is 19.0 Å². The molecule has 2 aromatic rings. The first kappa shape index (κ1) is 24.5. The van der Waals surface area contributed by atoms with Crippen molar-refractivity contribution in [2.45, 2.75) is 52.0 Å². The third kappa shape index (κ3) is 5.63. The number of halogens is 1. The summed E-state index contributed by atoms with van der Waals surface area (Å²) in [7, 11) is 0.341. The Morgan fingerprint density at radius 3 is 2.23 bits per heavy atom. The number of hydrogen-bond donors (Lipinski definition) is 1. The maximum Gasteiger partial charge on any atom is 0.264 e. The van der Waals surface area contributed by atoms with Gasteiger partial charge in [-0.15, -0.1) is 0 Å². The van der Waals surface area contributed by atoms with E-state index in [2.05, 4.69) is 36.7 Å². The van der Waals surface area contributed by atoms with Gasteiger partial charge in [-0.2, -0.15) is 0 Å². The SMILES string of the molecule is CC(C)[C@@H]1CC[C@@H](C)C[C@H]1O[P@](=O)(c1ccc(N(C)C)cc1)[C@H](O)c1ccc(Br)cc1. The first-order valence-electron chi connectivity index (χ1n) is 11.1. The van der Waals surface area contributed by atoms with Crippen LogP contribution in [0.25, 0.3) is 0 Å². The zero-order valence-corrected chi connectivity index (χ0v) is 21.6. The summed E-state index contributed by atoms with van der Waals surface area (Å²) in [6, 6.07) is 14.9. The number of aliphatic hydroxyl groups is 1. The van der Waals surface area contributed by atoms with Crippen LogP contribution in [-0.4, -0.2) is 25.3 Å². The molecule has 3 rings (SSSR count). The second-order valence-corrected chi connectivity index (χ2v) is 12.7. The number of rotatable bonds is 7. The molecule has 31 heavy (non-hydrogen) atoms. The third-order valence-electron chi connectivity index (χ3n) is 6.47. The fourth-order valence-electron chi connectivity index (χ4n) is 4.49. The van der Waals surface area contributed by atoms with Crippen LogP contribution in [0.2, 0.25) is 0 Å². The van der Waals surface area contributed by atoms with Crippen LogP contribution in [-0.2, 0) is 9.09 Å². The number of anilines is 1. The van der Waals surface area contributed by atoms with Crippen molar-refractivity contribution < 1.29 is 14.2 Å². The molecule has 170 valence electrons. The Bertz CT molecular complexity index is 898. The van der Waals surface area contributed by atoms with Crippen LogP contribution >= 0.6 is 23.3 Å². The van der Waals surface area contributed by atoms with Gasteiger partial charge in [-0.05, 0) is 72.6 Å². The monoisotopic (exact) mass is 507 g/mol. The topological polar surface area (TPSA) is 49.8 Å². The van der Waals surface area contributed by atoms with E-state index in [1.54, 1.807) is 0 Å². The van der Waals surface area contributed by atoms with E-state index < -0.39 is 13.2 Å². The minimum absolute atomic E-state index is 0.131. The molecule has 1 saturated carbocycles. The van der Waals surface area contributed by atoms with Gasteiger partial charge in [0.05, 0.1) is 6.10 Å². The van der Waals surface area contributed by atoms with Crippen molar-refractivity contribution in [3.8, 4) is 0 Å². The van der Waals surface area contributed by atoms with Gasteiger partial charge in [-0.3, -0.25) is 4.57 Å². The number of nitrogens with zero attached hydrogens (tertiary/aromatic N) is 1. The van der Waals surface area contributed by atoms with Crippen LogP contribution in [0.3, 0.4) is 0 Å². The predicted molar refractivity (Wildman–Crippen MR) is 133 cm³/mol. The van der Waals surface area contributed by atoms with Crippen LogP contribution in [0, 0.1) is 17.8 Å². The summed E-state index contributed by atoms with van der Waals surface area (Å²) in [5, 5.41) is 11.9. The molecule has 1 fully saturated rings. The molecular formula is C25H35BrNO3P. The van der Waals surface area contributed by atoms with Crippen molar-refractivity contribution >= 4 is 34.3 Å². The quantitative estimate of drug-likeness (QED) is 0.429. The van der Waals surface area contributed by atoms with Crippen molar-refractivity contribution in [1.82, 2.24) is 0 Å². The van der Waals surface area contributed by atoms with Gasteiger partial charge in [0.15, 0.2) is 5.85 Å². The molecule has 5 atom stereocenters. The average Bonchev–Trinajstić information content (AvgIpc) is 2.73. The molecule has 0 spiro atoms. The molecule has 0 amide bonds. The van der Waals surface area contributed by atoms with E-state index in [0.717, 1.165) is 23.0 Å². The lowest BCUT2D eigenvalue weighted by Gasteiger charge is -2.40. The van der Waals surface area contributed by atoms with Crippen molar-refractivity contribution in [3.63, 3.8) is 0 Å². The highest BCUT2D eigenvalue weighted by Gasteiger charge is 2.42. The molecule has 1 aliphatic carbocycles. The molecule has 1 aliphatic rings. The highest BCUT2D eigenvalue weighted by molar-refractivity contribution is 9.10.